The van der Waals surface area contributed by atoms with Crippen LogP contribution in [0.3, 0.4) is 0 Å². The maximum absolute atomic E-state index is 13.1. The number of carbonyl (C=O) groups is 1. The number of fused-ring (bicyclic) bond motifs is 1. The van der Waals surface area contributed by atoms with E-state index in [2.05, 4.69) is 4.72 Å². The first-order valence-electron chi connectivity index (χ1n) is 10.8. The summed E-state index contributed by atoms with van der Waals surface area (Å²) in [6.07, 6.45) is 3.62. The van der Waals surface area contributed by atoms with Gasteiger partial charge in [-0.2, -0.15) is 0 Å². The third-order valence-corrected chi connectivity index (χ3v) is 7.09. The maximum atomic E-state index is 13.1. The van der Waals surface area contributed by atoms with Gasteiger partial charge in [-0.3, -0.25) is 4.79 Å². The van der Waals surface area contributed by atoms with Crippen molar-refractivity contribution in [3.63, 3.8) is 0 Å². The molecule has 2 heterocycles. The predicted octanol–water partition coefficient (Wildman–Crippen LogP) is 2.83. The van der Waals surface area contributed by atoms with Crippen LogP contribution in [0.5, 0.6) is 17.2 Å². The van der Waals surface area contributed by atoms with E-state index in [-0.39, 0.29) is 29.5 Å². The molecule has 32 heavy (non-hydrogen) atoms. The molecule has 1 N–H and O–H groups in total. The van der Waals surface area contributed by atoms with Gasteiger partial charge in [0.05, 0.1) is 24.1 Å². The van der Waals surface area contributed by atoms with Crippen molar-refractivity contribution in [2.24, 2.45) is 0 Å². The Hall–Kier alpha value is -2.78. The number of carbonyl (C=O) groups excluding carboxylic acids is 1. The number of hydrogen-bond donors (Lipinski definition) is 1. The van der Waals surface area contributed by atoms with E-state index in [1.807, 2.05) is 12.1 Å². The second-order valence-electron chi connectivity index (χ2n) is 7.92. The van der Waals surface area contributed by atoms with Crippen molar-refractivity contribution in [1.82, 2.24) is 9.62 Å². The summed E-state index contributed by atoms with van der Waals surface area (Å²) in [6.45, 7) is 1.61. The molecule has 0 bridgehead atoms. The topological polar surface area (TPSA) is 94.2 Å². The molecule has 2 aromatic rings. The van der Waals surface area contributed by atoms with Crippen molar-refractivity contribution in [2.75, 3.05) is 33.4 Å². The van der Waals surface area contributed by atoms with E-state index in [0.717, 1.165) is 25.7 Å². The monoisotopic (exact) mass is 460 g/mol. The second kappa shape index (κ2) is 9.79. The van der Waals surface area contributed by atoms with Crippen LogP contribution in [0.1, 0.15) is 36.0 Å². The highest BCUT2D eigenvalue weighted by Gasteiger charge is 2.26. The van der Waals surface area contributed by atoms with Crippen LogP contribution in [-0.4, -0.2) is 58.7 Å². The SMILES string of the molecule is COc1ccc(S(=O)(=O)NC[C@@H]2COc3ccccc3O2)cc1C(=O)N1CCCCCC1. The molecule has 0 radical (unpaired) electrons. The minimum Gasteiger partial charge on any atom is -0.496 e. The van der Waals surface area contributed by atoms with E-state index < -0.39 is 16.1 Å². The van der Waals surface area contributed by atoms with E-state index in [1.165, 1.54) is 25.3 Å². The van der Waals surface area contributed by atoms with E-state index in [0.29, 0.717) is 30.3 Å². The van der Waals surface area contributed by atoms with Crippen molar-refractivity contribution in [3.05, 3.63) is 48.0 Å². The second-order valence-corrected chi connectivity index (χ2v) is 9.68. The highest BCUT2D eigenvalue weighted by Crippen LogP contribution is 2.31. The lowest BCUT2D eigenvalue weighted by molar-refractivity contribution is 0.0758. The highest BCUT2D eigenvalue weighted by atomic mass is 32.2. The average Bonchev–Trinajstić information content (AvgIpc) is 3.11. The summed E-state index contributed by atoms with van der Waals surface area (Å²) in [5.74, 6) is 1.37. The molecule has 1 fully saturated rings. The number of nitrogens with zero attached hydrogens (tertiary/aromatic N) is 1. The third-order valence-electron chi connectivity index (χ3n) is 5.67. The van der Waals surface area contributed by atoms with Crippen molar-refractivity contribution in [1.29, 1.82) is 0 Å². The van der Waals surface area contributed by atoms with Crippen LogP contribution in [0.25, 0.3) is 0 Å². The Morgan fingerprint density at radius 3 is 2.53 bits per heavy atom. The number of ether oxygens (including phenoxy) is 3. The minimum atomic E-state index is -3.87. The smallest absolute Gasteiger partial charge is 0.257 e. The summed E-state index contributed by atoms with van der Waals surface area (Å²) in [5, 5.41) is 0. The summed E-state index contributed by atoms with van der Waals surface area (Å²) in [7, 11) is -2.40. The Morgan fingerprint density at radius 2 is 1.81 bits per heavy atom. The standard InChI is InChI=1S/C23H28N2O6S/c1-29-20-11-10-18(14-19(20)23(26)25-12-6-2-3-7-13-25)32(27,28)24-15-17-16-30-21-8-4-5-9-22(21)31-17/h4-5,8-11,14,17,24H,2-3,6-7,12-13,15-16H2,1H3/t17-/m1/s1. The van der Waals surface area contributed by atoms with Gasteiger partial charge in [0, 0.05) is 13.1 Å². The zero-order chi connectivity index (χ0) is 22.6. The molecule has 172 valence electrons. The molecule has 0 aromatic heterocycles. The van der Waals surface area contributed by atoms with E-state index >= 15 is 0 Å². The molecule has 0 aliphatic carbocycles. The summed E-state index contributed by atoms with van der Waals surface area (Å²) in [4.78, 5) is 14.9. The number of hydrogen-bond acceptors (Lipinski definition) is 6. The number of likely N-dealkylation sites (tertiary alicyclic amines) is 1. The van der Waals surface area contributed by atoms with Crippen LogP contribution in [0.15, 0.2) is 47.4 Å². The Morgan fingerprint density at radius 1 is 1.09 bits per heavy atom. The first-order chi connectivity index (χ1) is 15.5. The normalized spacial score (nSPS) is 18.7. The quantitative estimate of drug-likeness (QED) is 0.713. The summed E-state index contributed by atoms with van der Waals surface area (Å²) in [5.41, 5.74) is 0.253. The number of methoxy groups -OCH3 is 1. The lowest BCUT2D eigenvalue weighted by atomic mass is 10.1. The lowest BCUT2D eigenvalue weighted by Crippen LogP contribution is -2.40. The molecule has 0 spiro atoms. The van der Waals surface area contributed by atoms with Gasteiger partial charge in [-0.1, -0.05) is 25.0 Å². The van der Waals surface area contributed by atoms with Crippen LogP contribution in [-0.2, 0) is 10.0 Å². The van der Waals surface area contributed by atoms with Crippen molar-refractivity contribution in [3.8, 4) is 17.2 Å². The molecule has 1 saturated heterocycles. The fourth-order valence-electron chi connectivity index (χ4n) is 3.92. The molecule has 0 unspecified atom stereocenters. The third kappa shape index (κ3) is 4.99. The number of amides is 1. The van der Waals surface area contributed by atoms with Gasteiger partial charge in [0.2, 0.25) is 10.0 Å². The Balaban J connectivity index is 1.48. The average molecular weight is 461 g/mol. The van der Waals surface area contributed by atoms with Gasteiger partial charge in [-0.15, -0.1) is 0 Å². The molecule has 2 aromatic carbocycles. The number of nitrogens with one attached hydrogen (secondary N) is 1. The number of benzene rings is 2. The minimum absolute atomic E-state index is 0.00796. The molecular weight excluding hydrogens is 432 g/mol. The summed E-state index contributed by atoms with van der Waals surface area (Å²) >= 11 is 0. The van der Waals surface area contributed by atoms with Gasteiger partial charge in [0.15, 0.2) is 11.5 Å². The van der Waals surface area contributed by atoms with Crippen molar-refractivity contribution < 1.29 is 27.4 Å². The first-order valence-corrected chi connectivity index (χ1v) is 12.3. The Labute approximate surface area is 188 Å². The fourth-order valence-corrected chi connectivity index (χ4v) is 5.01. The van der Waals surface area contributed by atoms with E-state index in [9.17, 15) is 13.2 Å². The summed E-state index contributed by atoms with van der Waals surface area (Å²) < 4.78 is 45.3. The van der Waals surface area contributed by atoms with Gasteiger partial charge in [0.1, 0.15) is 18.5 Å². The number of rotatable bonds is 6. The molecule has 1 amide bonds. The molecule has 9 heteroatoms. The predicted molar refractivity (Wildman–Crippen MR) is 119 cm³/mol. The Kier molecular flexibility index (Phi) is 6.86. The van der Waals surface area contributed by atoms with Crippen molar-refractivity contribution in [2.45, 2.75) is 36.7 Å². The van der Waals surface area contributed by atoms with Gasteiger partial charge in [0.25, 0.3) is 5.91 Å². The fraction of sp³-hybridized carbons (Fsp3) is 0.435. The van der Waals surface area contributed by atoms with Gasteiger partial charge in [-0.25, -0.2) is 13.1 Å². The number of sulfonamides is 1. The van der Waals surface area contributed by atoms with Gasteiger partial charge < -0.3 is 19.1 Å². The van der Waals surface area contributed by atoms with Crippen LogP contribution in [0.2, 0.25) is 0 Å². The molecular formula is C23H28N2O6S. The molecule has 1 atom stereocenters. The van der Waals surface area contributed by atoms with Crippen LogP contribution in [0.4, 0.5) is 0 Å². The van der Waals surface area contributed by atoms with Gasteiger partial charge in [-0.05, 0) is 43.2 Å². The zero-order valence-corrected chi connectivity index (χ0v) is 18.9. The first kappa shape index (κ1) is 22.4. The van der Waals surface area contributed by atoms with Crippen molar-refractivity contribution >= 4 is 15.9 Å². The van der Waals surface area contributed by atoms with E-state index in [1.54, 1.807) is 17.0 Å². The maximum Gasteiger partial charge on any atom is 0.257 e. The number of para-hydroxylation sites is 2. The Bertz CT molecular complexity index is 1060. The van der Waals surface area contributed by atoms with Crippen LogP contribution >= 0.6 is 0 Å². The van der Waals surface area contributed by atoms with Crippen LogP contribution < -0.4 is 18.9 Å². The molecule has 4 rings (SSSR count). The molecule has 2 aliphatic rings. The highest BCUT2D eigenvalue weighted by molar-refractivity contribution is 7.89. The van der Waals surface area contributed by atoms with E-state index in [4.69, 9.17) is 14.2 Å². The zero-order valence-electron chi connectivity index (χ0n) is 18.1. The van der Waals surface area contributed by atoms with Gasteiger partial charge >= 0.3 is 0 Å². The molecule has 8 nitrogen and oxygen atoms in total. The van der Waals surface area contributed by atoms with Crippen LogP contribution in [0, 0.1) is 0 Å². The molecule has 0 saturated carbocycles. The summed E-state index contributed by atoms with van der Waals surface area (Å²) in [6, 6.07) is 11.6. The lowest BCUT2D eigenvalue weighted by Gasteiger charge is -2.26. The largest absolute Gasteiger partial charge is 0.496 e. The molecule has 2 aliphatic heterocycles.